The molecule has 0 saturated heterocycles. The Kier molecular flexibility index (Phi) is 8.96. The maximum absolute atomic E-state index is 6.99. The van der Waals surface area contributed by atoms with E-state index in [9.17, 15) is 0 Å². The van der Waals surface area contributed by atoms with Gasteiger partial charge in [0.2, 0.25) is 0 Å². The van der Waals surface area contributed by atoms with Crippen LogP contribution in [0.1, 0.15) is 61.2 Å². The normalized spacial score (nSPS) is 13.8. The number of benzene rings is 8. The second kappa shape index (κ2) is 14.5. The second-order valence-corrected chi connectivity index (χ2v) is 18.1. The van der Waals surface area contributed by atoms with Gasteiger partial charge in [-0.05, 0) is 207 Å². The fourth-order valence-electron chi connectivity index (χ4n) is 10.2. The first-order valence-electron chi connectivity index (χ1n) is 22.3. The van der Waals surface area contributed by atoms with Crippen LogP contribution in [0.25, 0.3) is 60.7 Å². The van der Waals surface area contributed by atoms with Crippen LogP contribution in [0.2, 0.25) is 0 Å². The standard InChI is InChI=1S/C59H52N2O2/c1-33-14-10-18-51(38(33)6)60(52-19-11-15-34(2)39(52)7)46-24-22-42-29-48-49-26-37(5)58-57(59(49)63-55(48)31-44(42)27-46)50-30-43-23-25-47(28-45(43)32-56(50)62-58)61(53-20-12-16-35(3)40(53)8)54-21-13-17-36(4)41(54)9/h10-26,28-32,46H,27H2,1-9H3. The fourth-order valence-corrected chi connectivity index (χ4v) is 10.2. The van der Waals surface area contributed by atoms with E-state index in [1.807, 2.05) is 0 Å². The van der Waals surface area contributed by atoms with Crippen molar-refractivity contribution in [3.63, 3.8) is 0 Å². The third-order valence-corrected chi connectivity index (χ3v) is 14.4. The lowest BCUT2D eigenvalue weighted by atomic mass is 9.90. The summed E-state index contributed by atoms with van der Waals surface area (Å²) in [5.74, 6) is 0. The van der Waals surface area contributed by atoms with E-state index < -0.39 is 0 Å². The fraction of sp³-hybridized carbons (Fsp3) is 0.186. The minimum atomic E-state index is 0.134. The largest absolute Gasteiger partial charge is 0.456 e. The summed E-state index contributed by atoms with van der Waals surface area (Å²) < 4.78 is 13.8. The zero-order chi connectivity index (χ0) is 43.4. The predicted molar refractivity (Wildman–Crippen MR) is 267 cm³/mol. The molecular formula is C59H52N2O2. The molecule has 0 fully saturated rings. The van der Waals surface area contributed by atoms with E-state index in [1.165, 1.54) is 78.4 Å². The molecule has 310 valence electrons. The maximum Gasteiger partial charge on any atom is 0.147 e. The van der Waals surface area contributed by atoms with Gasteiger partial charge in [-0.1, -0.05) is 66.7 Å². The van der Waals surface area contributed by atoms with Crippen LogP contribution in [0.4, 0.5) is 28.4 Å². The molecule has 2 aromatic heterocycles. The van der Waals surface area contributed by atoms with Crippen LogP contribution >= 0.6 is 0 Å². The van der Waals surface area contributed by atoms with E-state index in [-0.39, 0.29) is 6.04 Å². The smallest absolute Gasteiger partial charge is 0.147 e. The molecule has 0 bridgehead atoms. The molecule has 1 unspecified atom stereocenters. The number of rotatable bonds is 6. The highest BCUT2D eigenvalue weighted by atomic mass is 16.3. The Morgan fingerprint density at radius 2 is 1.02 bits per heavy atom. The first-order valence-corrected chi connectivity index (χ1v) is 22.3. The minimum absolute atomic E-state index is 0.134. The summed E-state index contributed by atoms with van der Waals surface area (Å²) in [6, 6.07) is 44.8. The van der Waals surface area contributed by atoms with Gasteiger partial charge < -0.3 is 18.6 Å². The van der Waals surface area contributed by atoms with E-state index in [0.29, 0.717) is 0 Å². The predicted octanol–water partition coefficient (Wildman–Crippen LogP) is 16.7. The highest BCUT2D eigenvalue weighted by Gasteiger charge is 2.28. The highest BCUT2D eigenvalue weighted by molar-refractivity contribution is 6.24. The number of fused-ring (bicyclic) bond motifs is 9. The van der Waals surface area contributed by atoms with Crippen molar-refractivity contribution in [2.24, 2.45) is 0 Å². The molecule has 4 heteroatoms. The van der Waals surface area contributed by atoms with Crippen LogP contribution in [-0.4, -0.2) is 6.04 Å². The zero-order valence-corrected chi connectivity index (χ0v) is 37.7. The number of furan rings is 2. The first kappa shape index (κ1) is 38.9. The van der Waals surface area contributed by atoms with Crippen LogP contribution in [0.3, 0.4) is 0 Å². The summed E-state index contributed by atoms with van der Waals surface area (Å²) in [5.41, 5.74) is 23.4. The van der Waals surface area contributed by atoms with Gasteiger partial charge in [0, 0.05) is 44.6 Å². The Hall–Kier alpha value is -7.04. The lowest BCUT2D eigenvalue weighted by Crippen LogP contribution is -2.34. The Bertz CT molecular complexity index is 3460. The molecule has 0 saturated carbocycles. The SMILES string of the molecule is Cc1cccc(N(c2ccc3cc4c(cc3c2)oc2c(C)cc3c5cc6c(cc5oc3c24)CC(N(c2cccc(C)c2C)c2cccc(C)c2C)C=C6)c2cccc(C)c2C)c1C. The molecule has 0 N–H and O–H groups in total. The average molecular weight is 821 g/mol. The second-order valence-electron chi connectivity index (χ2n) is 18.1. The van der Waals surface area contributed by atoms with Crippen molar-refractivity contribution in [3.8, 4) is 0 Å². The van der Waals surface area contributed by atoms with Crippen molar-refractivity contribution in [2.75, 3.05) is 9.80 Å². The van der Waals surface area contributed by atoms with Gasteiger partial charge in [0.1, 0.15) is 22.3 Å². The molecule has 11 rings (SSSR count). The van der Waals surface area contributed by atoms with Gasteiger partial charge in [-0.15, -0.1) is 0 Å². The summed E-state index contributed by atoms with van der Waals surface area (Å²) in [6.45, 7) is 19.9. The molecule has 0 aliphatic heterocycles. The summed E-state index contributed by atoms with van der Waals surface area (Å²) in [5, 5.41) is 6.65. The molecular weight excluding hydrogens is 769 g/mol. The zero-order valence-electron chi connectivity index (χ0n) is 37.7. The third kappa shape index (κ3) is 6.10. The van der Waals surface area contributed by atoms with E-state index in [2.05, 4.69) is 206 Å². The summed E-state index contributed by atoms with van der Waals surface area (Å²) in [4.78, 5) is 4.96. The van der Waals surface area contributed by atoms with Crippen molar-refractivity contribution in [1.82, 2.24) is 0 Å². The Labute approximate surface area is 369 Å². The molecule has 1 aliphatic carbocycles. The number of nitrogens with zero attached hydrogens (tertiary/aromatic N) is 2. The number of anilines is 5. The van der Waals surface area contributed by atoms with Gasteiger partial charge in [-0.3, -0.25) is 0 Å². The van der Waals surface area contributed by atoms with E-state index in [1.54, 1.807) is 0 Å². The van der Waals surface area contributed by atoms with Gasteiger partial charge in [0.05, 0.1) is 11.4 Å². The monoisotopic (exact) mass is 820 g/mol. The van der Waals surface area contributed by atoms with Crippen LogP contribution < -0.4 is 9.80 Å². The summed E-state index contributed by atoms with van der Waals surface area (Å²) >= 11 is 0. The van der Waals surface area contributed by atoms with Crippen LogP contribution in [0.5, 0.6) is 0 Å². The van der Waals surface area contributed by atoms with Crippen molar-refractivity contribution >= 4 is 89.2 Å². The topological polar surface area (TPSA) is 32.8 Å². The van der Waals surface area contributed by atoms with Crippen molar-refractivity contribution in [3.05, 3.63) is 189 Å². The van der Waals surface area contributed by atoms with E-state index >= 15 is 0 Å². The Morgan fingerprint density at radius 3 is 1.63 bits per heavy atom. The Morgan fingerprint density at radius 1 is 0.460 bits per heavy atom. The molecule has 1 atom stereocenters. The van der Waals surface area contributed by atoms with Gasteiger partial charge >= 0.3 is 0 Å². The minimum Gasteiger partial charge on any atom is -0.456 e. The van der Waals surface area contributed by atoms with Crippen molar-refractivity contribution in [1.29, 1.82) is 0 Å². The summed E-state index contributed by atoms with van der Waals surface area (Å²) in [7, 11) is 0. The lowest BCUT2D eigenvalue weighted by Gasteiger charge is -2.37. The number of hydrogen-bond acceptors (Lipinski definition) is 4. The molecule has 0 spiro atoms. The Balaban J connectivity index is 1.03. The van der Waals surface area contributed by atoms with E-state index in [4.69, 9.17) is 8.83 Å². The molecule has 10 aromatic rings. The van der Waals surface area contributed by atoms with Crippen LogP contribution in [0.15, 0.2) is 136 Å². The number of hydrogen-bond donors (Lipinski definition) is 0. The van der Waals surface area contributed by atoms with Crippen molar-refractivity contribution in [2.45, 2.75) is 74.8 Å². The van der Waals surface area contributed by atoms with Gasteiger partial charge in [0.15, 0.2) is 0 Å². The highest BCUT2D eigenvalue weighted by Crippen LogP contribution is 2.46. The van der Waals surface area contributed by atoms with Gasteiger partial charge in [-0.2, -0.15) is 0 Å². The number of aryl methyl sites for hydroxylation is 5. The van der Waals surface area contributed by atoms with Crippen LogP contribution in [0, 0.1) is 62.3 Å². The molecule has 8 aromatic carbocycles. The summed E-state index contributed by atoms with van der Waals surface area (Å²) in [6.07, 6.45) is 5.58. The molecule has 4 nitrogen and oxygen atoms in total. The molecule has 0 radical (unpaired) electrons. The van der Waals surface area contributed by atoms with Gasteiger partial charge in [0.25, 0.3) is 0 Å². The third-order valence-electron chi connectivity index (χ3n) is 14.4. The van der Waals surface area contributed by atoms with Gasteiger partial charge in [-0.25, -0.2) is 0 Å². The quantitative estimate of drug-likeness (QED) is 0.167. The molecule has 1 aliphatic rings. The first-order chi connectivity index (χ1) is 30.4. The lowest BCUT2D eigenvalue weighted by molar-refractivity contribution is 0.660. The average Bonchev–Trinajstić information content (AvgIpc) is 3.82. The maximum atomic E-state index is 6.99. The molecule has 63 heavy (non-hydrogen) atoms. The molecule has 2 heterocycles. The van der Waals surface area contributed by atoms with E-state index in [0.717, 1.165) is 72.3 Å². The molecule has 0 amide bonds. The van der Waals surface area contributed by atoms with Crippen LogP contribution in [-0.2, 0) is 6.42 Å². The van der Waals surface area contributed by atoms with Crippen molar-refractivity contribution < 1.29 is 8.83 Å².